The van der Waals surface area contributed by atoms with Gasteiger partial charge in [-0.3, -0.25) is 4.79 Å². The Morgan fingerprint density at radius 2 is 1.86 bits per heavy atom. The molecule has 1 unspecified atom stereocenters. The van der Waals surface area contributed by atoms with E-state index in [4.69, 9.17) is 0 Å². The van der Waals surface area contributed by atoms with Crippen molar-refractivity contribution in [2.45, 2.75) is 39.3 Å². The normalized spacial score (nSPS) is 11.9. The molecule has 0 radical (unpaired) electrons. The van der Waals surface area contributed by atoms with E-state index < -0.39 is 0 Å². The number of aromatic nitrogens is 2. The second kappa shape index (κ2) is 9.17. The van der Waals surface area contributed by atoms with Gasteiger partial charge in [-0.2, -0.15) is 0 Å². The molecule has 0 aliphatic carbocycles. The molecule has 6 nitrogen and oxygen atoms in total. The van der Waals surface area contributed by atoms with E-state index in [0.29, 0.717) is 23.3 Å². The van der Waals surface area contributed by atoms with Gasteiger partial charge >= 0.3 is 6.03 Å². The second-order valence-electron chi connectivity index (χ2n) is 6.92. The van der Waals surface area contributed by atoms with Gasteiger partial charge in [0.2, 0.25) is 0 Å². The Labute approximate surface area is 164 Å². The van der Waals surface area contributed by atoms with Gasteiger partial charge in [0.25, 0.3) is 5.56 Å². The second-order valence-corrected chi connectivity index (χ2v) is 6.92. The number of amides is 2. The van der Waals surface area contributed by atoms with Gasteiger partial charge in [-0.05, 0) is 44.4 Å². The number of aromatic amines is 1. The Bertz CT molecular complexity index is 984. The maximum atomic E-state index is 12.6. The zero-order chi connectivity index (χ0) is 19.9. The predicted octanol–water partition coefficient (Wildman–Crippen LogP) is 3.48. The Morgan fingerprint density at radius 3 is 2.61 bits per heavy atom. The van der Waals surface area contributed by atoms with Crippen LogP contribution in [0.3, 0.4) is 0 Å². The van der Waals surface area contributed by atoms with E-state index in [0.717, 1.165) is 12.8 Å². The van der Waals surface area contributed by atoms with E-state index in [1.54, 1.807) is 17.0 Å². The van der Waals surface area contributed by atoms with E-state index in [1.807, 2.05) is 44.2 Å². The lowest BCUT2D eigenvalue weighted by atomic mass is 10.1. The minimum Gasteiger partial charge on any atom is -0.336 e. The number of H-pyrrole nitrogens is 1. The zero-order valence-electron chi connectivity index (χ0n) is 16.3. The maximum Gasteiger partial charge on any atom is 0.318 e. The van der Waals surface area contributed by atoms with E-state index in [9.17, 15) is 9.59 Å². The third-order valence-electron chi connectivity index (χ3n) is 4.75. The molecule has 0 bridgehead atoms. The van der Waals surface area contributed by atoms with Crippen LogP contribution in [0.15, 0.2) is 59.4 Å². The molecular weight excluding hydrogens is 352 g/mol. The Hall–Kier alpha value is -3.15. The van der Waals surface area contributed by atoms with Gasteiger partial charge in [-0.1, -0.05) is 42.5 Å². The van der Waals surface area contributed by atoms with Crippen LogP contribution in [-0.2, 0) is 13.0 Å². The average molecular weight is 378 g/mol. The summed E-state index contributed by atoms with van der Waals surface area (Å²) < 4.78 is 0. The van der Waals surface area contributed by atoms with E-state index >= 15 is 0 Å². The van der Waals surface area contributed by atoms with Crippen LogP contribution in [0.4, 0.5) is 4.79 Å². The van der Waals surface area contributed by atoms with Crippen molar-refractivity contribution in [1.82, 2.24) is 20.2 Å². The summed E-state index contributed by atoms with van der Waals surface area (Å²) >= 11 is 0. The van der Waals surface area contributed by atoms with Crippen molar-refractivity contribution in [1.29, 1.82) is 0 Å². The molecule has 0 aliphatic rings. The summed E-state index contributed by atoms with van der Waals surface area (Å²) in [5.41, 5.74) is 1.70. The molecule has 2 aromatic carbocycles. The third-order valence-corrected chi connectivity index (χ3v) is 4.75. The van der Waals surface area contributed by atoms with Gasteiger partial charge in [0, 0.05) is 12.6 Å². The van der Waals surface area contributed by atoms with Crippen LogP contribution in [-0.4, -0.2) is 33.5 Å². The Balaban J connectivity index is 1.61. The first-order chi connectivity index (χ1) is 13.6. The minimum atomic E-state index is -0.187. The number of hydrogen-bond donors (Lipinski definition) is 2. The lowest BCUT2D eigenvalue weighted by Crippen LogP contribution is -2.44. The van der Waals surface area contributed by atoms with E-state index in [-0.39, 0.29) is 24.2 Å². The summed E-state index contributed by atoms with van der Waals surface area (Å²) in [6.45, 7) is 4.69. The van der Waals surface area contributed by atoms with Gasteiger partial charge in [0.05, 0.1) is 17.4 Å². The first-order valence-corrected chi connectivity index (χ1v) is 9.64. The standard InChI is InChI=1S/C22H26N4O2/c1-3-26(15-20-24-19-12-8-7-11-18(19)21(27)25-20)22(28)23-16(2)13-14-17-9-5-4-6-10-17/h4-12,16H,3,13-15H2,1-2H3,(H,23,28)(H,24,25,27). The zero-order valence-corrected chi connectivity index (χ0v) is 16.3. The number of urea groups is 1. The highest BCUT2D eigenvalue weighted by Gasteiger charge is 2.16. The van der Waals surface area contributed by atoms with Crippen LogP contribution < -0.4 is 10.9 Å². The highest BCUT2D eigenvalue weighted by molar-refractivity contribution is 5.77. The molecule has 6 heteroatoms. The molecule has 28 heavy (non-hydrogen) atoms. The van der Waals surface area contributed by atoms with Crippen molar-refractivity contribution in [3.63, 3.8) is 0 Å². The average Bonchev–Trinajstić information content (AvgIpc) is 2.71. The van der Waals surface area contributed by atoms with Crippen molar-refractivity contribution >= 4 is 16.9 Å². The first-order valence-electron chi connectivity index (χ1n) is 9.64. The fraction of sp³-hybridized carbons (Fsp3) is 0.318. The number of benzene rings is 2. The molecule has 2 amide bonds. The van der Waals surface area contributed by atoms with Gasteiger partial charge < -0.3 is 15.2 Å². The first kappa shape index (κ1) is 19.6. The van der Waals surface area contributed by atoms with E-state index in [1.165, 1.54) is 5.56 Å². The number of carbonyl (C=O) groups excluding carboxylic acids is 1. The van der Waals surface area contributed by atoms with Crippen molar-refractivity contribution in [3.8, 4) is 0 Å². The van der Waals surface area contributed by atoms with Gasteiger partial charge in [-0.25, -0.2) is 9.78 Å². The predicted molar refractivity (Wildman–Crippen MR) is 111 cm³/mol. The summed E-state index contributed by atoms with van der Waals surface area (Å²) in [7, 11) is 0. The van der Waals surface area contributed by atoms with Gasteiger partial charge in [-0.15, -0.1) is 0 Å². The molecular formula is C22H26N4O2. The van der Waals surface area contributed by atoms with Crippen molar-refractivity contribution in [2.24, 2.45) is 0 Å². The largest absolute Gasteiger partial charge is 0.336 e. The molecule has 2 N–H and O–H groups in total. The Morgan fingerprint density at radius 1 is 1.14 bits per heavy atom. The van der Waals surface area contributed by atoms with Crippen LogP contribution in [0.5, 0.6) is 0 Å². The lowest BCUT2D eigenvalue weighted by molar-refractivity contribution is 0.193. The number of rotatable bonds is 7. The topological polar surface area (TPSA) is 78.1 Å². The summed E-state index contributed by atoms with van der Waals surface area (Å²) in [6, 6.07) is 17.3. The number of nitrogens with one attached hydrogen (secondary N) is 2. The van der Waals surface area contributed by atoms with E-state index in [2.05, 4.69) is 27.4 Å². The van der Waals surface area contributed by atoms with Crippen molar-refractivity contribution in [3.05, 3.63) is 76.3 Å². The molecule has 0 saturated heterocycles. The molecule has 0 aliphatic heterocycles. The fourth-order valence-corrected chi connectivity index (χ4v) is 3.12. The molecule has 0 fully saturated rings. The summed E-state index contributed by atoms with van der Waals surface area (Å²) in [6.07, 6.45) is 1.77. The van der Waals surface area contributed by atoms with Crippen LogP contribution in [0, 0.1) is 0 Å². The molecule has 0 saturated carbocycles. The number of para-hydroxylation sites is 1. The van der Waals surface area contributed by atoms with Crippen LogP contribution in [0.25, 0.3) is 10.9 Å². The summed E-state index contributed by atoms with van der Waals surface area (Å²) in [5, 5.41) is 3.59. The van der Waals surface area contributed by atoms with Gasteiger partial charge in [0.1, 0.15) is 5.82 Å². The molecule has 3 rings (SSSR count). The molecule has 0 spiro atoms. The highest BCUT2D eigenvalue weighted by Crippen LogP contribution is 2.08. The fourth-order valence-electron chi connectivity index (χ4n) is 3.12. The monoisotopic (exact) mass is 378 g/mol. The number of aryl methyl sites for hydroxylation is 1. The third kappa shape index (κ3) is 4.97. The molecule has 1 atom stereocenters. The molecule has 3 aromatic rings. The molecule has 1 aromatic heterocycles. The minimum absolute atomic E-state index is 0.0466. The van der Waals surface area contributed by atoms with Gasteiger partial charge in [0.15, 0.2) is 0 Å². The number of hydrogen-bond acceptors (Lipinski definition) is 3. The van der Waals surface area contributed by atoms with Crippen LogP contribution in [0.2, 0.25) is 0 Å². The van der Waals surface area contributed by atoms with Crippen molar-refractivity contribution < 1.29 is 4.79 Å². The highest BCUT2D eigenvalue weighted by atomic mass is 16.2. The summed E-state index contributed by atoms with van der Waals surface area (Å²) in [5.74, 6) is 0.484. The van der Waals surface area contributed by atoms with Crippen molar-refractivity contribution in [2.75, 3.05) is 6.54 Å². The quantitative estimate of drug-likeness (QED) is 0.661. The number of fused-ring (bicyclic) bond motifs is 1. The molecule has 146 valence electrons. The number of nitrogens with zero attached hydrogens (tertiary/aromatic N) is 2. The Kier molecular flexibility index (Phi) is 6.42. The van der Waals surface area contributed by atoms with Crippen LogP contribution in [0.1, 0.15) is 31.7 Å². The van der Waals surface area contributed by atoms with Crippen LogP contribution >= 0.6 is 0 Å². The SMILES string of the molecule is CCN(Cc1nc2ccccc2c(=O)[nH]1)C(=O)NC(C)CCc1ccccc1. The smallest absolute Gasteiger partial charge is 0.318 e. The molecule has 1 heterocycles. The summed E-state index contributed by atoms with van der Waals surface area (Å²) in [4.78, 5) is 33.8. The lowest BCUT2D eigenvalue weighted by Gasteiger charge is -2.23. The maximum absolute atomic E-state index is 12.6. The number of carbonyl (C=O) groups is 1.